The number of rotatable bonds is 4. The smallest absolute Gasteiger partial charge is 0.264 e. The maximum absolute atomic E-state index is 13.8. The first-order chi connectivity index (χ1) is 9.81. The van der Waals surface area contributed by atoms with Crippen LogP contribution in [0, 0.1) is 5.82 Å². The fourth-order valence-corrected chi connectivity index (χ4v) is 3.55. The molecule has 2 rings (SSSR count). The van der Waals surface area contributed by atoms with Crippen LogP contribution in [0.4, 0.5) is 10.1 Å². The second-order valence-corrected chi connectivity index (χ2v) is 7.54. The fourth-order valence-electron chi connectivity index (χ4n) is 1.64. The van der Waals surface area contributed by atoms with Crippen LogP contribution >= 0.6 is 31.9 Å². The Morgan fingerprint density at radius 1 is 1.10 bits per heavy atom. The van der Waals surface area contributed by atoms with Gasteiger partial charge in [0.15, 0.2) is 0 Å². The summed E-state index contributed by atoms with van der Waals surface area (Å²) in [6, 6.07) is 8.47. The van der Waals surface area contributed by atoms with E-state index in [0.29, 0.717) is 14.7 Å². The molecule has 0 radical (unpaired) electrons. The number of nitrogens with one attached hydrogen (secondary N) is 1. The quantitative estimate of drug-likeness (QED) is 0.779. The van der Waals surface area contributed by atoms with Gasteiger partial charge in [0.2, 0.25) is 0 Å². The minimum Gasteiger partial charge on any atom is -0.497 e. The zero-order valence-corrected chi connectivity index (χ0v) is 14.7. The Kier molecular flexibility index (Phi) is 4.90. The molecule has 8 heteroatoms. The normalized spacial score (nSPS) is 11.2. The number of halogens is 3. The molecule has 0 unspecified atom stereocenters. The van der Waals surface area contributed by atoms with E-state index in [2.05, 4.69) is 36.6 Å². The summed E-state index contributed by atoms with van der Waals surface area (Å²) in [7, 11) is -2.56. The first kappa shape index (κ1) is 16.3. The number of hydrogen-bond donors (Lipinski definition) is 1. The Morgan fingerprint density at radius 2 is 1.81 bits per heavy atom. The van der Waals surface area contributed by atoms with Crippen molar-refractivity contribution in [1.82, 2.24) is 0 Å². The van der Waals surface area contributed by atoms with E-state index in [1.54, 1.807) is 12.1 Å². The summed E-state index contributed by atoms with van der Waals surface area (Å²) < 4.78 is 46.7. The second kappa shape index (κ2) is 6.33. The summed E-state index contributed by atoms with van der Waals surface area (Å²) in [5, 5.41) is 0. The monoisotopic (exact) mass is 437 g/mol. The molecule has 2 aromatic carbocycles. The molecule has 1 N–H and O–H groups in total. The number of ether oxygens (including phenoxy) is 1. The Hall–Kier alpha value is -1.12. The molecule has 0 fully saturated rings. The molecule has 112 valence electrons. The van der Waals surface area contributed by atoms with E-state index in [0.717, 1.165) is 6.07 Å². The van der Waals surface area contributed by atoms with E-state index >= 15 is 0 Å². The van der Waals surface area contributed by atoms with Crippen molar-refractivity contribution in [3.05, 3.63) is 51.2 Å². The van der Waals surface area contributed by atoms with Gasteiger partial charge in [-0.3, -0.25) is 4.72 Å². The molecule has 0 spiro atoms. The minimum absolute atomic E-state index is 0.267. The molecular weight excluding hydrogens is 429 g/mol. The van der Waals surface area contributed by atoms with Gasteiger partial charge in [0.1, 0.15) is 16.5 Å². The summed E-state index contributed by atoms with van der Waals surface area (Å²) in [6.45, 7) is 0. The third kappa shape index (κ3) is 3.96. The van der Waals surface area contributed by atoms with Crippen molar-refractivity contribution in [1.29, 1.82) is 0 Å². The van der Waals surface area contributed by atoms with Crippen molar-refractivity contribution < 1.29 is 17.5 Å². The van der Waals surface area contributed by atoms with Crippen LogP contribution in [0.3, 0.4) is 0 Å². The molecule has 0 aliphatic heterocycles. The average Bonchev–Trinajstić information content (AvgIpc) is 2.36. The molecule has 21 heavy (non-hydrogen) atoms. The molecule has 2 aromatic rings. The van der Waals surface area contributed by atoms with Crippen molar-refractivity contribution in [2.45, 2.75) is 4.90 Å². The number of sulfonamides is 1. The zero-order valence-electron chi connectivity index (χ0n) is 10.7. The number of benzene rings is 2. The highest BCUT2D eigenvalue weighted by molar-refractivity contribution is 9.10. The second-order valence-electron chi connectivity index (χ2n) is 4.06. The van der Waals surface area contributed by atoms with Crippen molar-refractivity contribution in [3.63, 3.8) is 0 Å². The maximum Gasteiger partial charge on any atom is 0.264 e. The van der Waals surface area contributed by atoms with E-state index in [9.17, 15) is 12.8 Å². The molecular formula is C13H10Br2FNO3S. The summed E-state index contributed by atoms with van der Waals surface area (Å²) in [5.41, 5.74) is 0.267. The molecule has 0 heterocycles. The molecule has 4 nitrogen and oxygen atoms in total. The standard InChI is InChI=1S/C13H10Br2FNO3S/c1-20-11-5-9(15)4-10(7-11)17-21(18,19)13-3-2-8(14)6-12(13)16/h2-7,17H,1H3. The van der Waals surface area contributed by atoms with Crippen molar-refractivity contribution >= 4 is 47.6 Å². The van der Waals surface area contributed by atoms with Gasteiger partial charge < -0.3 is 4.74 Å². The summed E-state index contributed by atoms with van der Waals surface area (Å²) in [4.78, 5) is -0.426. The molecule has 0 aromatic heterocycles. The van der Waals surface area contributed by atoms with Gasteiger partial charge in [0, 0.05) is 15.0 Å². The van der Waals surface area contributed by atoms with Crippen LogP contribution in [0.15, 0.2) is 50.2 Å². The topological polar surface area (TPSA) is 55.4 Å². The molecule has 0 aliphatic carbocycles. The van der Waals surface area contributed by atoms with Gasteiger partial charge in [0.05, 0.1) is 12.8 Å². The maximum atomic E-state index is 13.8. The average molecular weight is 439 g/mol. The van der Waals surface area contributed by atoms with Crippen LogP contribution in [0.1, 0.15) is 0 Å². The van der Waals surface area contributed by atoms with Crippen molar-refractivity contribution in [2.75, 3.05) is 11.8 Å². The minimum atomic E-state index is -4.02. The number of hydrogen-bond acceptors (Lipinski definition) is 3. The summed E-state index contributed by atoms with van der Waals surface area (Å²) in [6.07, 6.45) is 0. The Bertz CT molecular complexity index is 781. The van der Waals surface area contributed by atoms with Crippen LogP contribution in [-0.4, -0.2) is 15.5 Å². The van der Waals surface area contributed by atoms with E-state index in [1.165, 1.54) is 25.3 Å². The van der Waals surface area contributed by atoms with Gasteiger partial charge >= 0.3 is 0 Å². The van der Waals surface area contributed by atoms with Gasteiger partial charge in [-0.25, -0.2) is 12.8 Å². The Morgan fingerprint density at radius 3 is 2.43 bits per heavy atom. The summed E-state index contributed by atoms with van der Waals surface area (Å²) >= 11 is 6.33. The Balaban J connectivity index is 2.39. The predicted octanol–water partition coefficient (Wildman–Crippen LogP) is 4.16. The first-order valence-electron chi connectivity index (χ1n) is 5.64. The predicted molar refractivity (Wildman–Crippen MR) is 85.6 cm³/mol. The zero-order chi connectivity index (χ0) is 15.6. The lowest BCUT2D eigenvalue weighted by Gasteiger charge is -2.11. The lowest BCUT2D eigenvalue weighted by atomic mass is 10.3. The largest absolute Gasteiger partial charge is 0.497 e. The van der Waals surface area contributed by atoms with Gasteiger partial charge in [-0.1, -0.05) is 31.9 Å². The third-order valence-electron chi connectivity index (χ3n) is 2.54. The van der Waals surface area contributed by atoms with Crippen LogP contribution < -0.4 is 9.46 Å². The molecule has 0 atom stereocenters. The highest BCUT2D eigenvalue weighted by Crippen LogP contribution is 2.27. The van der Waals surface area contributed by atoms with Gasteiger partial charge in [-0.2, -0.15) is 0 Å². The van der Waals surface area contributed by atoms with Crippen LogP contribution in [0.25, 0.3) is 0 Å². The number of methoxy groups -OCH3 is 1. The van der Waals surface area contributed by atoms with Crippen LogP contribution in [-0.2, 0) is 10.0 Å². The Labute approximate surface area is 138 Å². The van der Waals surface area contributed by atoms with Crippen molar-refractivity contribution in [2.24, 2.45) is 0 Å². The first-order valence-corrected chi connectivity index (χ1v) is 8.71. The number of anilines is 1. The molecule has 0 aliphatic rings. The van der Waals surface area contributed by atoms with Crippen molar-refractivity contribution in [3.8, 4) is 5.75 Å². The van der Waals surface area contributed by atoms with E-state index < -0.39 is 20.7 Å². The van der Waals surface area contributed by atoms with E-state index in [1.807, 2.05) is 0 Å². The molecule has 0 saturated heterocycles. The highest BCUT2D eigenvalue weighted by Gasteiger charge is 2.19. The fraction of sp³-hybridized carbons (Fsp3) is 0.0769. The van der Waals surface area contributed by atoms with E-state index in [4.69, 9.17) is 4.74 Å². The van der Waals surface area contributed by atoms with Gasteiger partial charge in [-0.05, 0) is 30.3 Å². The van der Waals surface area contributed by atoms with E-state index in [-0.39, 0.29) is 5.69 Å². The highest BCUT2D eigenvalue weighted by atomic mass is 79.9. The molecule has 0 bridgehead atoms. The SMILES string of the molecule is COc1cc(Br)cc(NS(=O)(=O)c2ccc(Br)cc2F)c1. The van der Waals surface area contributed by atoms with Gasteiger partial charge in [0.25, 0.3) is 10.0 Å². The molecule has 0 amide bonds. The summed E-state index contributed by atoms with van der Waals surface area (Å²) in [5.74, 6) is -0.364. The lowest BCUT2D eigenvalue weighted by molar-refractivity contribution is 0.415. The van der Waals surface area contributed by atoms with Crippen LogP contribution in [0.2, 0.25) is 0 Å². The molecule has 0 saturated carbocycles. The van der Waals surface area contributed by atoms with Gasteiger partial charge in [-0.15, -0.1) is 0 Å². The van der Waals surface area contributed by atoms with Crippen LogP contribution in [0.5, 0.6) is 5.75 Å². The lowest BCUT2D eigenvalue weighted by Crippen LogP contribution is -2.14. The third-order valence-corrected chi connectivity index (χ3v) is 4.91.